The molecule has 0 bridgehead atoms. The van der Waals surface area contributed by atoms with Gasteiger partial charge in [0.2, 0.25) is 0 Å². The van der Waals surface area contributed by atoms with Crippen molar-refractivity contribution in [3.63, 3.8) is 0 Å². The van der Waals surface area contributed by atoms with Gasteiger partial charge in [0.15, 0.2) is 0 Å². The molecule has 66 valence electrons. The Bertz CT molecular complexity index is 278. The number of nitrogens with zero attached hydrogens (tertiary/aromatic N) is 2. The molecule has 0 aromatic carbocycles. The van der Waals surface area contributed by atoms with Gasteiger partial charge in [-0.3, -0.25) is 4.68 Å². The third-order valence-corrected chi connectivity index (χ3v) is 2.69. The van der Waals surface area contributed by atoms with Crippen LogP contribution in [0.5, 0.6) is 0 Å². The number of hydrogen-bond acceptors (Lipinski definition) is 2. The van der Waals surface area contributed by atoms with Crippen LogP contribution in [-0.2, 0) is 6.54 Å². The SMILES string of the molecule is CNCc1nn(C2CC2)cc1Br. The third-order valence-electron chi connectivity index (χ3n) is 2.02. The zero-order valence-electron chi connectivity index (χ0n) is 7.05. The Kier molecular flexibility index (Phi) is 2.19. The van der Waals surface area contributed by atoms with Crippen LogP contribution in [0.2, 0.25) is 0 Å². The molecule has 4 heteroatoms. The third kappa shape index (κ3) is 1.54. The molecule has 1 aromatic rings. The maximum Gasteiger partial charge on any atom is 0.0904 e. The highest BCUT2D eigenvalue weighted by atomic mass is 79.9. The van der Waals surface area contributed by atoms with Crippen LogP contribution in [0, 0.1) is 0 Å². The van der Waals surface area contributed by atoms with E-state index in [0.717, 1.165) is 16.7 Å². The molecule has 1 saturated carbocycles. The molecular formula is C8H12BrN3. The van der Waals surface area contributed by atoms with Crippen molar-refractivity contribution in [2.45, 2.75) is 25.4 Å². The van der Waals surface area contributed by atoms with E-state index in [0.29, 0.717) is 6.04 Å². The Hall–Kier alpha value is -0.350. The average Bonchev–Trinajstić information content (AvgIpc) is 2.80. The summed E-state index contributed by atoms with van der Waals surface area (Å²) in [6.07, 6.45) is 4.64. The molecule has 1 aromatic heterocycles. The van der Waals surface area contributed by atoms with Gasteiger partial charge in [0.25, 0.3) is 0 Å². The van der Waals surface area contributed by atoms with E-state index in [-0.39, 0.29) is 0 Å². The van der Waals surface area contributed by atoms with Gasteiger partial charge in [0.05, 0.1) is 16.2 Å². The number of hydrogen-bond donors (Lipinski definition) is 1. The topological polar surface area (TPSA) is 29.9 Å². The molecule has 0 atom stereocenters. The molecule has 1 aliphatic carbocycles. The smallest absolute Gasteiger partial charge is 0.0904 e. The minimum Gasteiger partial charge on any atom is -0.314 e. The lowest BCUT2D eigenvalue weighted by molar-refractivity contribution is 0.622. The summed E-state index contributed by atoms with van der Waals surface area (Å²) in [6, 6.07) is 0.673. The number of rotatable bonds is 3. The molecular weight excluding hydrogens is 218 g/mol. The normalized spacial score (nSPS) is 16.8. The van der Waals surface area contributed by atoms with Crippen molar-refractivity contribution in [1.29, 1.82) is 0 Å². The lowest BCUT2D eigenvalue weighted by atomic mass is 10.4. The first kappa shape index (κ1) is 8.26. The first-order valence-electron chi connectivity index (χ1n) is 4.19. The van der Waals surface area contributed by atoms with Gasteiger partial charge in [0.1, 0.15) is 0 Å². The van der Waals surface area contributed by atoms with Gasteiger partial charge in [-0.05, 0) is 35.8 Å². The number of nitrogens with one attached hydrogen (secondary N) is 1. The molecule has 1 aliphatic rings. The van der Waals surface area contributed by atoms with Gasteiger partial charge >= 0.3 is 0 Å². The average molecular weight is 230 g/mol. The molecule has 2 rings (SSSR count). The van der Waals surface area contributed by atoms with Crippen molar-refractivity contribution in [3.05, 3.63) is 16.4 Å². The fraction of sp³-hybridized carbons (Fsp3) is 0.625. The summed E-state index contributed by atoms with van der Waals surface area (Å²) in [5.41, 5.74) is 1.10. The summed E-state index contributed by atoms with van der Waals surface area (Å²) in [5, 5.41) is 7.56. The predicted molar refractivity (Wildman–Crippen MR) is 51.0 cm³/mol. The van der Waals surface area contributed by atoms with Gasteiger partial charge in [-0.1, -0.05) is 0 Å². The fourth-order valence-corrected chi connectivity index (χ4v) is 1.65. The van der Waals surface area contributed by atoms with Gasteiger partial charge in [0, 0.05) is 12.7 Å². The van der Waals surface area contributed by atoms with Gasteiger partial charge in [-0.25, -0.2) is 0 Å². The second-order valence-electron chi connectivity index (χ2n) is 3.17. The van der Waals surface area contributed by atoms with Crippen molar-refractivity contribution < 1.29 is 0 Å². The standard InChI is InChI=1S/C8H12BrN3/c1-10-4-8-7(9)5-12(11-8)6-2-3-6/h5-6,10H,2-4H2,1H3. The van der Waals surface area contributed by atoms with Crippen molar-refractivity contribution in [2.24, 2.45) is 0 Å². The van der Waals surface area contributed by atoms with Gasteiger partial charge in [-0.2, -0.15) is 5.10 Å². The largest absolute Gasteiger partial charge is 0.314 e. The Morgan fingerprint density at radius 1 is 1.75 bits per heavy atom. The number of halogens is 1. The summed E-state index contributed by atoms with van der Waals surface area (Å²) in [6.45, 7) is 0.834. The molecule has 1 fully saturated rings. The zero-order chi connectivity index (χ0) is 8.55. The van der Waals surface area contributed by atoms with Crippen LogP contribution in [0.15, 0.2) is 10.7 Å². The molecule has 1 heterocycles. The van der Waals surface area contributed by atoms with Crippen molar-refractivity contribution >= 4 is 15.9 Å². The van der Waals surface area contributed by atoms with E-state index in [2.05, 4.69) is 37.2 Å². The van der Waals surface area contributed by atoms with E-state index in [1.165, 1.54) is 12.8 Å². The van der Waals surface area contributed by atoms with Crippen molar-refractivity contribution in [1.82, 2.24) is 15.1 Å². The molecule has 0 radical (unpaired) electrons. The van der Waals surface area contributed by atoms with Crippen LogP contribution in [0.25, 0.3) is 0 Å². The Labute approximate surface area is 80.3 Å². The highest BCUT2D eigenvalue weighted by Crippen LogP contribution is 2.35. The van der Waals surface area contributed by atoms with Gasteiger partial charge < -0.3 is 5.32 Å². The summed E-state index contributed by atoms with van der Waals surface area (Å²) in [7, 11) is 1.93. The van der Waals surface area contributed by atoms with Crippen LogP contribution in [-0.4, -0.2) is 16.8 Å². The maximum atomic E-state index is 4.47. The molecule has 0 amide bonds. The molecule has 3 nitrogen and oxygen atoms in total. The Balaban J connectivity index is 2.18. The number of aromatic nitrogens is 2. The summed E-state index contributed by atoms with van der Waals surface area (Å²) < 4.78 is 3.18. The summed E-state index contributed by atoms with van der Waals surface area (Å²) in [4.78, 5) is 0. The second kappa shape index (κ2) is 3.18. The highest BCUT2D eigenvalue weighted by molar-refractivity contribution is 9.10. The molecule has 0 spiro atoms. The summed E-state index contributed by atoms with van der Waals surface area (Å²) in [5.74, 6) is 0. The Morgan fingerprint density at radius 3 is 3.08 bits per heavy atom. The molecule has 0 aliphatic heterocycles. The monoisotopic (exact) mass is 229 g/mol. The minimum atomic E-state index is 0.673. The van der Waals surface area contributed by atoms with Crippen LogP contribution < -0.4 is 5.32 Å². The summed E-state index contributed by atoms with van der Waals surface area (Å²) >= 11 is 3.49. The van der Waals surface area contributed by atoms with E-state index < -0.39 is 0 Å². The predicted octanol–water partition coefficient (Wildman–Crippen LogP) is 1.70. The zero-order valence-corrected chi connectivity index (χ0v) is 8.63. The van der Waals surface area contributed by atoms with E-state index in [1.54, 1.807) is 0 Å². The molecule has 12 heavy (non-hydrogen) atoms. The van der Waals surface area contributed by atoms with Crippen LogP contribution in [0.1, 0.15) is 24.6 Å². The van der Waals surface area contributed by atoms with Crippen LogP contribution in [0.4, 0.5) is 0 Å². The van der Waals surface area contributed by atoms with Crippen molar-refractivity contribution in [2.75, 3.05) is 7.05 Å². The van der Waals surface area contributed by atoms with E-state index in [1.807, 2.05) is 7.05 Å². The fourth-order valence-electron chi connectivity index (χ4n) is 1.22. The molecule has 0 saturated heterocycles. The molecule has 1 N–H and O–H groups in total. The van der Waals surface area contributed by atoms with Crippen LogP contribution >= 0.6 is 15.9 Å². The van der Waals surface area contributed by atoms with Gasteiger partial charge in [-0.15, -0.1) is 0 Å². The van der Waals surface area contributed by atoms with E-state index in [4.69, 9.17) is 0 Å². The highest BCUT2D eigenvalue weighted by Gasteiger charge is 2.25. The van der Waals surface area contributed by atoms with E-state index >= 15 is 0 Å². The molecule has 0 unspecified atom stereocenters. The Morgan fingerprint density at radius 2 is 2.50 bits per heavy atom. The lowest BCUT2D eigenvalue weighted by Crippen LogP contribution is -2.06. The second-order valence-corrected chi connectivity index (χ2v) is 4.02. The van der Waals surface area contributed by atoms with Crippen LogP contribution in [0.3, 0.4) is 0 Å². The first-order valence-corrected chi connectivity index (χ1v) is 4.98. The minimum absolute atomic E-state index is 0.673. The van der Waals surface area contributed by atoms with E-state index in [9.17, 15) is 0 Å². The van der Waals surface area contributed by atoms with Crippen molar-refractivity contribution in [3.8, 4) is 0 Å². The lowest BCUT2D eigenvalue weighted by Gasteiger charge is -1.95. The first-order chi connectivity index (χ1) is 5.81. The quantitative estimate of drug-likeness (QED) is 0.856. The maximum absolute atomic E-state index is 4.47.